The first-order valence-electron chi connectivity index (χ1n) is 11.3. The predicted molar refractivity (Wildman–Crippen MR) is 124 cm³/mol. The molecule has 1 aromatic carbocycles. The van der Waals surface area contributed by atoms with Crippen LogP contribution in [-0.2, 0) is 14.8 Å². The number of hydrogen-bond acceptors (Lipinski definition) is 4. The van der Waals surface area contributed by atoms with E-state index in [1.807, 2.05) is 32.0 Å². The van der Waals surface area contributed by atoms with E-state index in [1.165, 1.54) is 42.8 Å². The van der Waals surface area contributed by atoms with Crippen molar-refractivity contribution in [3.05, 3.63) is 29.3 Å². The Hall–Kier alpha value is -1.60. The molecule has 1 atom stereocenters. The zero-order chi connectivity index (χ0) is 22.1. The first-order chi connectivity index (χ1) is 14.2. The number of benzene rings is 1. The SMILES string of the molecule is CC[C@H]1CCCCN1CCCNC(=O)CCCN(c1cccc(C)c1C)S(C)(=O)=O. The van der Waals surface area contributed by atoms with Gasteiger partial charge in [-0.2, -0.15) is 0 Å². The molecule has 30 heavy (non-hydrogen) atoms. The van der Waals surface area contributed by atoms with Gasteiger partial charge >= 0.3 is 0 Å². The number of rotatable bonds is 11. The Balaban J connectivity index is 1.76. The number of carbonyl (C=O) groups is 1. The zero-order valence-electron chi connectivity index (χ0n) is 19.1. The van der Waals surface area contributed by atoms with E-state index in [1.54, 1.807) is 0 Å². The Morgan fingerprint density at radius 3 is 2.70 bits per heavy atom. The van der Waals surface area contributed by atoms with Crippen molar-refractivity contribution in [2.24, 2.45) is 0 Å². The van der Waals surface area contributed by atoms with Crippen molar-refractivity contribution < 1.29 is 13.2 Å². The van der Waals surface area contributed by atoms with Crippen LogP contribution in [0, 0.1) is 13.8 Å². The van der Waals surface area contributed by atoms with Gasteiger partial charge in [-0.3, -0.25) is 9.10 Å². The lowest BCUT2D eigenvalue weighted by atomic mass is 10.00. The minimum absolute atomic E-state index is 0.00454. The van der Waals surface area contributed by atoms with Gasteiger partial charge in [0.1, 0.15) is 0 Å². The molecule has 0 spiro atoms. The quantitative estimate of drug-likeness (QED) is 0.537. The third-order valence-corrected chi connectivity index (χ3v) is 7.35. The number of carbonyl (C=O) groups excluding carboxylic acids is 1. The van der Waals surface area contributed by atoms with Gasteiger partial charge < -0.3 is 10.2 Å². The van der Waals surface area contributed by atoms with Crippen LogP contribution >= 0.6 is 0 Å². The highest BCUT2D eigenvalue weighted by Crippen LogP contribution is 2.25. The summed E-state index contributed by atoms with van der Waals surface area (Å²) in [5.74, 6) is -0.00454. The zero-order valence-corrected chi connectivity index (χ0v) is 19.9. The second kappa shape index (κ2) is 11.7. The Morgan fingerprint density at radius 2 is 2.00 bits per heavy atom. The summed E-state index contributed by atoms with van der Waals surface area (Å²) in [6.07, 6.45) is 8.11. The Bertz CT molecular complexity index is 795. The van der Waals surface area contributed by atoms with Gasteiger partial charge in [-0.1, -0.05) is 25.5 Å². The van der Waals surface area contributed by atoms with Gasteiger partial charge in [-0.15, -0.1) is 0 Å². The summed E-state index contributed by atoms with van der Waals surface area (Å²) >= 11 is 0. The normalized spacial score (nSPS) is 17.7. The Morgan fingerprint density at radius 1 is 1.23 bits per heavy atom. The molecule has 0 bridgehead atoms. The van der Waals surface area contributed by atoms with Crippen molar-refractivity contribution in [3.8, 4) is 0 Å². The third-order valence-electron chi connectivity index (χ3n) is 6.17. The third kappa shape index (κ3) is 7.27. The van der Waals surface area contributed by atoms with Crippen LogP contribution < -0.4 is 9.62 Å². The number of amides is 1. The largest absolute Gasteiger partial charge is 0.356 e. The minimum Gasteiger partial charge on any atom is -0.356 e. The monoisotopic (exact) mass is 437 g/mol. The van der Waals surface area contributed by atoms with Crippen molar-refractivity contribution in [3.63, 3.8) is 0 Å². The van der Waals surface area contributed by atoms with Crippen LogP contribution in [0.2, 0.25) is 0 Å². The van der Waals surface area contributed by atoms with Crippen molar-refractivity contribution >= 4 is 21.6 Å². The van der Waals surface area contributed by atoms with Crippen molar-refractivity contribution in [2.75, 3.05) is 36.7 Å². The fourth-order valence-electron chi connectivity index (χ4n) is 4.27. The van der Waals surface area contributed by atoms with Crippen LogP contribution in [0.15, 0.2) is 18.2 Å². The molecule has 1 aromatic rings. The van der Waals surface area contributed by atoms with Crippen LogP contribution in [0.5, 0.6) is 0 Å². The van der Waals surface area contributed by atoms with E-state index in [2.05, 4.69) is 17.1 Å². The molecule has 1 heterocycles. The molecule has 170 valence electrons. The van der Waals surface area contributed by atoms with E-state index in [0.717, 1.165) is 24.1 Å². The number of anilines is 1. The second-order valence-corrected chi connectivity index (χ2v) is 10.4. The molecule has 0 aliphatic carbocycles. The topological polar surface area (TPSA) is 69.7 Å². The van der Waals surface area contributed by atoms with Crippen molar-refractivity contribution in [2.45, 2.75) is 71.8 Å². The number of sulfonamides is 1. The van der Waals surface area contributed by atoms with E-state index in [-0.39, 0.29) is 5.91 Å². The standard InChI is InChI=1S/C23H39N3O3S/c1-5-21-12-6-7-16-25(21)17-10-15-24-23(27)14-9-18-26(30(4,28)29)22-13-8-11-19(2)20(22)3/h8,11,13,21H,5-7,9-10,12,14-18H2,1-4H3,(H,24,27)/t21-/m0/s1. The average Bonchev–Trinajstić information content (AvgIpc) is 2.70. The van der Waals surface area contributed by atoms with Gasteiger partial charge in [-0.25, -0.2) is 8.42 Å². The summed E-state index contributed by atoms with van der Waals surface area (Å²) in [5, 5.41) is 2.99. The maximum absolute atomic E-state index is 12.3. The van der Waals surface area contributed by atoms with Crippen molar-refractivity contribution in [1.82, 2.24) is 10.2 Å². The predicted octanol–water partition coefficient (Wildman–Crippen LogP) is 3.62. The molecular formula is C23H39N3O3S. The number of aryl methyl sites for hydroxylation is 1. The molecule has 0 saturated carbocycles. The van der Waals surface area contributed by atoms with E-state index >= 15 is 0 Å². The molecule has 0 radical (unpaired) electrons. The van der Waals surface area contributed by atoms with Gasteiger partial charge in [0.15, 0.2) is 0 Å². The molecule has 1 saturated heterocycles. The smallest absolute Gasteiger partial charge is 0.232 e. The molecule has 1 amide bonds. The summed E-state index contributed by atoms with van der Waals surface area (Å²) in [6, 6.07) is 6.36. The van der Waals surface area contributed by atoms with Crippen LogP contribution in [0.25, 0.3) is 0 Å². The van der Waals surface area contributed by atoms with Crippen LogP contribution in [0.3, 0.4) is 0 Å². The summed E-state index contributed by atoms with van der Waals surface area (Å²) in [6.45, 7) is 9.35. The number of likely N-dealkylation sites (tertiary alicyclic amines) is 1. The molecule has 2 rings (SSSR count). The number of hydrogen-bond donors (Lipinski definition) is 1. The summed E-state index contributed by atoms with van der Waals surface area (Å²) < 4.78 is 26.0. The number of nitrogens with one attached hydrogen (secondary N) is 1. The highest BCUT2D eigenvalue weighted by Gasteiger charge is 2.21. The number of piperidine rings is 1. The van der Waals surface area contributed by atoms with Crippen LogP contribution in [0.1, 0.15) is 63.0 Å². The highest BCUT2D eigenvalue weighted by atomic mass is 32.2. The van der Waals surface area contributed by atoms with E-state index in [0.29, 0.717) is 37.7 Å². The van der Waals surface area contributed by atoms with Gasteiger partial charge in [0.2, 0.25) is 15.9 Å². The summed E-state index contributed by atoms with van der Waals surface area (Å²) in [7, 11) is -3.40. The second-order valence-electron chi connectivity index (χ2n) is 8.46. The van der Waals surface area contributed by atoms with Crippen molar-refractivity contribution in [1.29, 1.82) is 0 Å². The van der Waals surface area contributed by atoms with E-state index < -0.39 is 10.0 Å². The fraction of sp³-hybridized carbons (Fsp3) is 0.696. The molecule has 0 aromatic heterocycles. The van der Waals surface area contributed by atoms with Crippen LogP contribution in [-0.4, -0.2) is 57.7 Å². The molecule has 6 nitrogen and oxygen atoms in total. The molecule has 1 aliphatic heterocycles. The molecule has 1 aliphatic rings. The lowest BCUT2D eigenvalue weighted by molar-refractivity contribution is -0.121. The summed E-state index contributed by atoms with van der Waals surface area (Å²) in [5.41, 5.74) is 2.71. The lowest BCUT2D eigenvalue weighted by Gasteiger charge is -2.35. The maximum atomic E-state index is 12.3. The highest BCUT2D eigenvalue weighted by molar-refractivity contribution is 7.92. The lowest BCUT2D eigenvalue weighted by Crippen LogP contribution is -2.40. The first-order valence-corrected chi connectivity index (χ1v) is 13.1. The van der Waals surface area contributed by atoms with Gasteiger partial charge in [0, 0.05) is 32.1 Å². The maximum Gasteiger partial charge on any atom is 0.232 e. The Labute approximate surface area is 183 Å². The van der Waals surface area contributed by atoms with Gasteiger partial charge in [0.05, 0.1) is 11.9 Å². The van der Waals surface area contributed by atoms with E-state index in [9.17, 15) is 13.2 Å². The van der Waals surface area contributed by atoms with Gasteiger partial charge in [0.25, 0.3) is 0 Å². The average molecular weight is 438 g/mol. The number of nitrogens with zero attached hydrogens (tertiary/aromatic N) is 2. The molecule has 1 N–H and O–H groups in total. The fourth-order valence-corrected chi connectivity index (χ4v) is 5.28. The minimum atomic E-state index is -3.40. The van der Waals surface area contributed by atoms with Crippen LogP contribution in [0.4, 0.5) is 5.69 Å². The Kier molecular flexibility index (Phi) is 9.62. The molecular weight excluding hydrogens is 398 g/mol. The molecule has 1 fully saturated rings. The van der Waals surface area contributed by atoms with Gasteiger partial charge in [-0.05, 0) is 69.7 Å². The van der Waals surface area contributed by atoms with E-state index in [4.69, 9.17) is 0 Å². The molecule has 7 heteroatoms. The first kappa shape index (κ1) is 24.7. The summed E-state index contributed by atoms with van der Waals surface area (Å²) in [4.78, 5) is 14.8. The molecule has 0 unspecified atom stereocenters.